The molecule has 0 saturated heterocycles. The van der Waals surface area contributed by atoms with Gasteiger partial charge in [0, 0.05) is 21.9 Å². The van der Waals surface area contributed by atoms with Crippen LogP contribution in [0.15, 0.2) is 72.8 Å². The van der Waals surface area contributed by atoms with Crippen LogP contribution in [-0.2, 0) is 28.5 Å². The molecule has 0 saturated carbocycles. The zero-order valence-electron chi connectivity index (χ0n) is 22.0. The Morgan fingerprint density at radius 1 is 0.553 bits per heavy atom. The van der Waals surface area contributed by atoms with Crippen LogP contribution in [0.2, 0.25) is 0 Å². The van der Waals surface area contributed by atoms with Crippen molar-refractivity contribution < 1.29 is 38.0 Å². The molecule has 3 aromatic carbocycles. The molecular weight excluding hydrogens is 488 g/mol. The third-order valence-corrected chi connectivity index (χ3v) is 5.41. The minimum Gasteiger partial charge on any atom is -0.487 e. The van der Waals surface area contributed by atoms with E-state index in [-0.39, 0.29) is 39.6 Å². The lowest BCUT2D eigenvalue weighted by Gasteiger charge is -2.18. The van der Waals surface area contributed by atoms with Crippen molar-refractivity contribution in [2.24, 2.45) is 0 Å². The highest BCUT2D eigenvalue weighted by Crippen LogP contribution is 2.43. The number of fused-ring (bicyclic) bond motifs is 3. The Balaban J connectivity index is 1.63. The normalized spacial score (nSPS) is 10.8. The second-order valence-electron chi connectivity index (χ2n) is 8.50. The molecule has 3 rings (SSSR count). The number of carbonyl (C=O) groups is 2. The number of rotatable bonds is 16. The van der Waals surface area contributed by atoms with E-state index >= 15 is 0 Å². The van der Waals surface area contributed by atoms with E-state index in [2.05, 4.69) is 25.3 Å². The lowest BCUT2D eigenvalue weighted by atomic mass is 10.00. The first kappa shape index (κ1) is 28.7. The van der Waals surface area contributed by atoms with E-state index in [1.54, 1.807) is 13.8 Å². The number of ether oxygens (including phenoxy) is 6. The molecule has 0 heterocycles. The number of carbonyl (C=O) groups excluding carboxylic acids is 2. The van der Waals surface area contributed by atoms with Gasteiger partial charge in [0.05, 0.1) is 26.4 Å². The fourth-order valence-corrected chi connectivity index (χ4v) is 3.61. The first-order valence-electron chi connectivity index (χ1n) is 12.4. The second kappa shape index (κ2) is 14.8. The summed E-state index contributed by atoms with van der Waals surface area (Å²) in [7, 11) is 0. The van der Waals surface area contributed by atoms with Crippen LogP contribution in [0, 0.1) is 0 Å². The molecule has 8 nitrogen and oxygen atoms in total. The lowest BCUT2D eigenvalue weighted by Crippen LogP contribution is -2.15. The van der Waals surface area contributed by atoms with E-state index in [9.17, 15) is 9.59 Å². The van der Waals surface area contributed by atoms with E-state index in [4.69, 9.17) is 28.4 Å². The molecule has 3 aromatic rings. The molecule has 0 bridgehead atoms. The van der Waals surface area contributed by atoms with Gasteiger partial charge in [-0.2, -0.15) is 0 Å². The topological polar surface area (TPSA) is 89.5 Å². The van der Waals surface area contributed by atoms with Gasteiger partial charge in [-0.25, -0.2) is 9.59 Å². The summed E-state index contributed by atoms with van der Waals surface area (Å²) in [5, 5.41) is 3.94. The van der Waals surface area contributed by atoms with Crippen LogP contribution < -0.4 is 9.47 Å². The van der Waals surface area contributed by atoms with Gasteiger partial charge in [0.15, 0.2) is 11.5 Å². The Labute approximate surface area is 222 Å². The lowest BCUT2D eigenvalue weighted by molar-refractivity contribution is -0.141. The molecule has 0 amide bonds. The van der Waals surface area contributed by atoms with Crippen molar-refractivity contribution in [1.29, 1.82) is 0 Å². The van der Waals surface area contributed by atoms with Gasteiger partial charge in [0.1, 0.15) is 26.4 Å². The Bertz CT molecular complexity index is 1180. The number of benzene rings is 3. The zero-order valence-corrected chi connectivity index (χ0v) is 22.0. The minimum atomic E-state index is -0.439. The quantitative estimate of drug-likeness (QED) is 0.112. The van der Waals surface area contributed by atoms with Gasteiger partial charge in [-0.3, -0.25) is 0 Å². The van der Waals surface area contributed by atoms with E-state index in [0.717, 1.165) is 21.5 Å². The van der Waals surface area contributed by atoms with Crippen LogP contribution in [0.25, 0.3) is 21.5 Å². The summed E-state index contributed by atoms with van der Waals surface area (Å²) in [5.41, 5.74) is 0.696. The van der Waals surface area contributed by atoms with Crippen molar-refractivity contribution in [1.82, 2.24) is 0 Å². The van der Waals surface area contributed by atoms with E-state index in [1.807, 2.05) is 36.4 Å². The predicted molar refractivity (Wildman–Crippen MR) is 146 cm³/mol. The number of hydrogen-bond acceptors (Lipinski definition) is 8. The standard InChI is InChI=1S/C30H34O8/c1-21(2)29(31)37-19-15-33-13-17-35-27-25-11-7-5-9-23(25)24-10-6-8-12-26(24)28(27)36-18-14-34-16-20-38-30(32)22(3)4/h5-12H,1,3,13-20H2,2,4H3. The zero-order chi connectivity index (χ0) is 27.3. The van der Waals surface area contributed by atoms with Gasteiger partial charge in [0.2, 0.25) is 0 Å². The van der Waals surface area contributed by atoms with Gasteiger partial charge in [-0.05, 0) is 24.6 Å². The molecular formula is C30H34O8. The van der Waals surface area contributed by atoms with E-state index in [0.29, 0.717) is 35.9 Å². The van der Waals surface area contributed by atoms with Gasteiger partial charge in [0.25, 0.3) is 0 Å². The summed E-state index contributed by atoms with van der Waals surface area (Å²) in [6.45, 7) is 12.2. The summed E-state index contributed by atoms with van der Waals surface area (Å²) in [4.78, 5) is 22.9. The Morgan fingerprint density at radius 2 is 0.895 bits per heavy atom. The SMILES string of the molecule is C=C(C)C(=O)OCCOCCOc1c(OCCOCCOC(=O)C(=C)C)c2ccccc2c2ccccc12. The van der Waals surface area contributed by atoms with Crippen LogP contribution >= 0.6 is 0 Å². The molecule has 0 aliphatic carbocycles. The first-order chi connectivity index (χ1) is 18.4. The number of esters is 2. The Morgan fingerprint density at radius 3 is 1.26 bits per heavy atom. The van der Waals surface area contributed by atoms with Crippen LogP contribution in [-0.4, -0.2) is 64.8 Å². The number of hydrogen-bond donors (Lipinski definition) is 0. The average molecular weight is 523 g/mol. The maximum atomic E-state index is 11.4. The Hall–Kier alpha value is -3.88. The fourth-order valence-electron chi connectivity index (χ4n) is 3.61. The molecule has 202 valence electrons. The van der Waals surface area contributed by atoms with Gasteiger partial charge < -0.3 is 28.4 Å². The van der Waals surface area contributed by atoms with Crippen molar-refractivity contribution >= 4 is 33.5 Å². The summed E-state index contributed by atoms with van der Waals surface area (Å²) >= 11 is 0. The molecule has 0 aliphatic rings. The van der Waals surface area contributed by atoms with Crippen LogP contribution in [0.1, 0.15) is 13.8 Å². The van der Waals surface area contributed by atoms with Gasteiger partial charge in [-0.1, -0.05) is 61.7 Å². The highest BCUT2D eigenvalue weighted by Gasteiger charge is 2.17. The third-order valence-electron chi connectivity index (χ3n) is 5.41. The fraction of sp³-hybridized carbons (Fsp3) is 0.333. The van der Waals surface area contributed by atoms with Crippen LogP contribution in [0.5, 0.6) is 11.5 Å². The van der Waals surface area contributed by atoms with Crippen molar-refractivity contribution in [3.63, 3.8) is 0 Å². The highest BCUT2D eigenvalue weighted by atomic mass is 16.6. The molecule has 0 aromatic heterocycles. The summed E-state index contributed by atoms with van der Waals surface area (Å²) in [6.07, 6.45) is 0. The molecule has 0 N–H and O–H groups in total. The van der Waals surface area contributed by atoms with Crippen LogP contribution in [0.3, 0.4) is 0 Å². The summed E-state index contributed by atoms with van der Waals surface area (Å²) in [5.74, 6) is 0.358. The maximum absolute atomic E-state index is 11.4. The average Bonchev–Trinajstić information content (AvgIpc) is 2.92. The minimum absolute atomic E-state index is 0.144. The third kappa shape index (κ3) is 8.06. The summed E-state index contributed by atoms with van der Waals surface area (Å²) in [6, 6.07) is 16.0. The molecule has 0 aliphatic heterocycles. The maximum Gasteiger partial charge on any atom is 0.333 e. The second-order valence-corrected chi connectivity index (χ2v) is 8.50. The van der Waals surface area contributed by atoms with E-state index < -0.39 is 11.9 Å². The van der Waals surface area contributed by atoms with E-state index in [1.165, 1.54) is 0 Å². The molecule has 0 radical (unpaired) electrons. The predicted octanol–water partition coefficient (Wildman–Crippen LogP) is 5.02. The molecule has 38 heavy (non-hydrogen) atoms. The van der Waals surface area contributed by atoms with Gasteiger partial charge in [-0.15, -0.1) is 0 Å². The molecule has 8 heteroatoms. The van der Waals surface area contributed by atoms with Crippen LogP contribution in [0.4, 0.5) is 0 Å². The Kier molecular flexibility index (Phi) is 11.1. The smallest absolute Gasteiger partial charge is 0.333 e. The monoisotopic (exact) mass is 522 g/mol. The van der Waals surface area contributed by atoms with Crippen molar-refractivity contribution in [3.8, 4) is 11.5 Å². The van der Waals surface area contributed by atoms with Crippen molar-refractivity contribution in [2.45, 2.75) is 13.8 Å². The molecule has 0 atom stereocenters. The highest BCUT2D eigenvalue weighted by molar-refractivity contribution is 6.13. The van der Waals surface area contributed by atoms with Gasteiger partial charge >= 0.3 is 11.9 Å². The summed E-state index contributed by atoms with van der Waals surface area (Å²) < 4.78 is 33.6. The largest absolute Gasteiger partial charge is 0.487 e. The first-order valence-corrected chi connectivity index (χ1v) is 12.4. The molecule has 0 unspecified atom stereocenters. The van der Waals surface area contributed by atoms with Crippen molar-refractivity contribution in [2.75, 3.05) is 52.9 Å². The van der Waals surface area contributed by atoms with Crippen molar-refractivity contribution in [3.05, 3.63) is 72.8 Å². The molecule has 0 fully saturated rings. The molecule has 0 spiro atoms.